The average molecular weight is 291 g/mol. The van der Waals surface area contributed by atoms with E-state index in [1.807, 2.05) is 19.1 Å². The normalized spacial score (nSPS) is 19.9. The van der Waals surface area contributed by atoms with Gasteiger partial charge in [0.2, 0.25) is 0 Å². The Balaban J connectivity index is 1.98. The van der Waals surface area contributed by atoms with Crippen LogP contribution in [0.3, 0.4) is 0 Å². The molecule has 115 valence electrons. The number of carbonyl (C=O) groups excluding carboxylic acids is 1. The number of hydrogen-bond acceptors (Lipinski definition) is 3. The molecular formula is C17H24FN2O. The number of benzene rings is 1. The summed E-state index contributed by atoms with van der Waals surface area (Å²) < 4.78 is 13.7. The summed E-state index contributed by atoms with van der Waals surface area (Å²) in [5.41, 5.74) is 0.748. The number of likely N-dealkylation sites (N-methyl/N-ethyl adjacent to an activating group) is 1. The van der Waals surface area contributed by atoms with Gasteiger partial charge in [-0.3, -0.25) is 4.90 Å². The quantitative estimate of drug-likeness (QED) is 0.784. The molecule has 0 aliphatic carbocycles. The van der Waals surface area contributed by atoms with Crippen LogP contribution in [0.5, 0.6) is 0 Å². The zero-order valence-corrected chi connectivity index (χ0v) is 12.6. The van der Waals surface area contributed by atoms with E-state index in [0.29, 0.717) is 6.42 Å². The summed E-state index contributed by atoms with van der Waals surface area (Å²) in [6, 6.07) is 7.85. The van der Waals surface area contributed by atoms with Crippen LogP contribution in [0.25, 0.3) is 0 Å². The Kier molecular flexibility index (Phi) is 6.33. The molecule has 1 aliphatic heterocycles. The smallest absolute Gasteiger partial charge is 0.144 e. The molecule has 1 aromatic rings. The fourth-order valence-electron chi connectivity index (χ4n) is 3.02. The molecule has 1 radical (unpaired) electrons. The average Bonchev–Trinajstić information content (AvgIpc) is 2.52. The molecule has 0 aromatic heterocycles. The van der Waals surface area contributed by atoms with E-state index in [4.69, 9.17) is 0 Å². The molecule has 1 heterocycles. The van der Waals surface area contributed by atoms with Gasteiger partial charge in [-0.2, -0.15) is 0 Å². The fraction of sp³-hybridized carbons (Fsp3) is 0.529. The van der Waals surface area contributed by atoms with Gasteiger partial charge in [0.15, 0.2) is 0 Å². The predicted molar refractivity (Wildman–Crippen MR) is 82.3 cm³/mol. The van der Waals surface area contributed by atoms with Gasteiger partial charge < -0.3 is 10.1 Å². The van der Waals surface area contributed by atoms with Crippen LogP contribution in [0, 0.1) is 11.9 Å². The summed E-state index contributed by atoms with van der Waals surface area (Å²) in [7, 11) is 0. The summed E-state index contributed by atoms with van der Waals surface area (Å²) in [6.45, 7) is 4.51. The van der Waals surface area contributed by atoms with Crippen molar-refractivity contribution in [3.63, 3.8) is 0 Å². The Hall–Kier alpha value is -1.26. The maximum Gasteiger partial charge on any atom is 0.144 e. The second-order valence-electron chi connectivity index (χ2n) is 5.49. The summed E-state index contributed by atoms with van der Waals surface area (Å²) >= 11 is 0. The highest BCUT2D eigenvalue weighted by molar-refractivity contribution is 5.69. The van der Waals surface area contributed by atoms with E-state index in [0.717, 1.165) is 56.8 Å². The first-order valence-corrected chi connectivity index (χ1v) is 7.79. The van der Waals surface area contributed by atoms with Crippen LogP contribution in [0.1, 0.15) is 31.7 Å². The lowest BCUT2D eigenvalue weighted by Crippen LogP contribution is -2.49. The van der Waals surface area contributed by atoms with Gasteiger partial charge in [-0.15, -0.1) is 0 Å². The molecule has 1 fully saturated rings. The van der Waals surface area contributed by atoms with Gasteiger partial charge in [-0.05, 0) is 44.0 Å². The van der Waals surface area contributed by atoms with Gasteiger partial charge in [0.1, 0.15) is 18.1 Å². The van der Waals surface area contributed by atoms with Crippen molar-refractivity contribution in [2.24, 2.45) is 0 Å². The maximum atomic E-state index is 13.7. The highest BCUT2D eigenvalue weighted by atomic mass is 19.1. The van der Waals surface area contributed by atoms with Crippen molar-refractivity contribution < 1.29 is 9.18 Å². The molecule has 21 heavy (non-hydrogen) atoms. The molecule has 1 aliphatic rings. The van der Waals surface area contributed by atoms with Crippen molar-refractivity contribution in [3.05, 3.63) is 41.7 Å². The van der Waals surface area contributed by atoms with Crippen LogP contribution < -0.4 is 5.32 Å². The zero-order valence-electron chi connectivity index (χ0n) is 12.6. The van der Waals surface area contributed by atoms with Crippen molar-refractivity contribution in [1.29, 1.82) is 0 Å². The van der Waals surface area contributed by atoms with Crippen LogP contribution in [0.4, 0.5) is 4.39 Å². The zero-order chi connectivity index (χ0) is 15.1. The standard InChI is InChI=1S/C17H24FN2O/c1-2-19-16(13-21)17-9-5-6-11-20(17)12-10-14-7-3-4-8-15(14)18/h3-4,7-8,13,17,19H,2,5-6,9-12H2,1H3. The van der Waals surface area contributed by atoms with Gasteiger partial charge >= 0.3 is 0 Å². The van der Waals surface area contributed by atoms with E-state index in [-0.39, 0.29) is 11.9 Å². The molecule has 1 atom stereocenters. The predicted octanol–water partition coefficient (Wildman–Crippen LogP) is 2.56. The van der Waals surface area contributed by atoms with Crippen LogP contribution in [-0.4, -0.2) is 36.9 Å². The van der Waals surface area contributed by atoms with E-state index in [9.17, 15) is 9.18 Å². The first-order valence-electron chi connectivity index (χ1n) is 7.79. The topological polar surface area (TPSA) is 32.3 Å². The lowest BCUT2D eigenvalue weighted by molar-refractivity contribution is -0.108. The minimum atomic E-state index is -0.141. The third kappa shape index (κ3) is 4.35. The molecule has 1 aromatic carbocycles. The van der Waals surface area contributed by atoms with E-state index in [1.165, 1.54) is 6.07 Å². The van der Waals surface area contributed by atoms with Crippen LogP contribution >= 0.6 is 0 Å². The molecule has 0 saturated carbocycles. The number of rotatable bonds is 7. The molecule has 3 nitrogen and oxygen atoms in total. The molecule has 1 saturated heterocycles. The van der Waals surface area contributed by atoms with Crippen molar-refractivity contribution in [1.82, 2.24) is 10.2 Å². The monoisotopic (exact) mass is 291 g/mol. The second-order valence-corrected chi connectivity index (χ2v) is 5.49. The van der Waals surface area contributed by atoms with Crippen molar-refractivity contribution >= 4 is 6.29 Å². The lowest BCUT2D eigenvalue weighted by atomic mass is 9.95. The van der Waals surface area contributed by atoms with Crippen LogP contribution in [-0.2, 0) is 11.2 Å². The highest BCUT2D eigenvalue weighted by Gasteiger charge is 2.29. The molecule has 1 N–H and O–H groups in total. The number of nitrogens with zero attached hydrogens (tertiary/aromatic N) is 1. The number of nitrogens with one attached hydrogen (secondary N) is 1. The maximum absolute atomic E-state index is 13.7. The molecule has 4 heteroatoms. The van der Waals surface area contributed by atoms with Crippen molar-refractivity contribution in [2.75, 3.05) is 19.6 Å². The van der Waals surface area contributed by atoms with Gasteiger partial charge in [-0.1, -0.05) is 31.5 Å². The highest BCUT2D eigenvalue weighted by Crippen LogP contribution is 2.23. The van der Waals surface area contributed by atoms with E-state index in [1.54, 1.807) is 6.07 Å². The van der Waals surface area contributed by atoms with Gasteiger partial charge in [0, 0.05) is 12.6 Å². The number of carbonyl (C=O) groups is 1. The van der Waals surface area contributed by atoms with E-state index in [2.05, 4.69) is 10.2 Å². The van der Waals surface area contributed by atoms with Crippen molar-refractivity contribution in [2.45, 2.75) is 38.6 Å². The molecule has 0 amide bonds. The SMILES string of the molecule is CCN[C](C=O)C1CCCCN1CCc1ccccc1F. The minimum Gasteiger partial charge on any atom is -0.302 e. The molecule has 2 rings (SSSR count). The summed E-state index contributed by atoms with van der Waals surface area (Å²) in [6.07, 6.45) is 4.91. The van der Waals surface area contributed by atoms with Gasteiger partial charge in [0.25, 0.3) is 0 Å². The largest absolute Gasteiger partial charge is 0.302 e. The third-order valence-corrected chi connectivity index (χ3v) is 4.11. The Morgan fingerprint density at radius 2 is 2.24 bits per heavy atom. The fourth-order valence-corrected chi connectivity index (χ4v) is 3.02. The number of halogens is 1. The van der Waals surface area contributed by atoms with Gasteiger partial charge in [0.05, 0.1) is 0 Å². The van der Waals surface area contributed by atoms with Crippen molar-refractivity contribution in [3.8, 4) is 0 Å². The number of hydrogen-bond donors (Lipinski definition) is 1. The Morgan fingerprint density at radius 3 is 2.95 bits per heavy atom. The Morgan fingerprint density at radius 1 is 1.43 bits per heavy atom. The number of piperidine rings is 1. The minimum absolute atomic E-state index is 0.141. The number of aldehydes is 1. The molecule has 0 bridgehead atoms. The lowest BCUT2D eigenvalue weighted by Gasteiger charge is -2.38. The summed E-state index contributed by atoms with van der Waals surface area (Å²) in [4.78, 5) is 13.6. The van der Waals surface area contributed by atoms with Crippen LogP contribution in [0.2, 0.25) is 0 Å². The summed E-state index contributed by atoms with van der Waals surface area (Å²) in [5.74, 6) is -0.141. The first kappa shape index (κ1) is 16.1. The Labute approximate surface area is 126 Å². The van der Waals surface area contributed by atoms with E-state index >= 15 is 0 Å². The van der Waals surface area contributed by atoms with Gasteiger partial charge in [-0.25, -0.2) is 4.39 Å². The summed E-state index contributed by atoms with van der Waals surface area (Å²) in [5, 5.41) is 3.17. The number of likely N-dealkylation sites (tertiary alicyclic amines) is 1. The molecular weight excluding hydrogens is 267 g/mol. The van der Waals surface area contributed by atoms with E-state index < -0.39 is 0 Å². The molecule has 0 spiro atoms. The van der Waals surface area contributed by atoms with Crippen LogP contribution in [0.15, 0.2) is 24.3 Å². The second kappa shape index (κ2) is 8.25. The first-order chi connectivity index (χ1) is 10.3. The molecule has 1 unspecified atom stereocenters. The Bertz CT molecular complexity index is 452. The third-order valence-electron chi connectivity index (χ3n) is 4.11.